The number of carboxylic acid groups (broad SMARTS) is 1. The highest BCUT2D eigenvalue weighted by Gasteiger charge is 2.45. The molecule has 0 amide bonds. The highest BCUT2D eigenvalue weighted by atomic mass is 31.2. The molecule has 3 heterocycles. The molecule has 0 bridgehead atoms. The normalized spacial score (nSPS) is 24.7. The van der Waals surface area contributed by atoms with Crippen LogP contribution in [0.5, 0.6) is 5.75 Å². The van der Waals surface area contributed by atoms with Crippen LogP contribution in [0.1, 0.15) is 13.2 Å². The van der Waals surface area contributed by atoms with E-state index in [1.807, 2.05) is 5.48 Å². The van der Waals surface area contributed by atoms with Crippen LogP contribution in [0.3, 0.4) is 0 Å². The van der Waals surface area contributed by atoms with Crippen LogP contribution < -0.4 is 15.1 Å². The van der Waals surface area contributed by atoms with Crippen molar-refractivity contribution in [1.29, 1.82) is 0 Å². The zero-order valence-electron chi connectivity index (χ0n) is 18.3. The van der Waals surface area contributed by atoms with E-state index >= 15 is 0 Å². The van der Waals surface area contributed by atoms with Crippen LogP contribution in [0.25, 0.3) is 11.0 Å². The van der Waals surface area contributed by atoms with Gasteiger partial charge >= 0.3 is 13.7 Å². The quantitative estimate of drug-likeness (QED) is 0.168. The molecule has 188 valence electrons. The molecule has 0 radical (unpaired) electrons. The third-order valence-electron chi connectivity index (χ3n) is 5.33. The van der Waals surface area contributed by atoms with E-state index in [2.05, 4.69) is 15.1 Å². The smallest absolute Gasteiger partial charge is 0.459 e. The molecule has 1 saturated heterocycles. The number of aliphatic hydroxyl groups excluding tert-OH is 2. The molecule has 0 aliphatic carbocycles. The fourth-order valence-electron chi connectivity index (χ4n) is 3.54. The van der Waals surface area contributed by atoms with Crippen LogP contribution in [-0.2, 0) is 18.6 Å². The topological polar surface area (TPSA) is 198 Å². The average Bonchev–Trinajstić information content (AvgIpc) is 3.39. The first-order valence-corrected chi connectivity index (χ1v) is 12.0. The summed E-state index contributed by atoms with van der Waals surface area (Å²) in [6, 6.07) is 8.31. The van der Waals surface area contributed by atoms with Gasteiger partial charge in [0.15, 0.2) is 12.0 Å². The van der Waals surface area contributed by atoms with E-state index in [0.29, 0.717) is 11.0 Å². The van der Waals surface area contributed by atoms with E-state index in [9.17, 15) is 29.9 Å². The summed E-state index contributed by atoms with van der Waals surface area (Å²) >= 11 is 0. The van der Waals surface area contributed by atoms with Gasteiger partial charge in [0.05, 0.1) is 12.0 Å². The van der Waals surface area contributed by atoms with Crippen molar-refractivity contribution in [2.45, 2.75) is 37.5 Å². The van der Waals surface area contributed by atoms with Gasteiger partial charge in [0, 0.05) is 6.20 Å². The molecule has 1 aliphatic heterocycles. The van der Waals surface area contributed by atoms with Gasteiger partial charge in [0.2, 0.25) is 0 Å². The Morgan fingerprint density at radius 1 is 1.23 bits per heavy atom. The van der Waals surface area contributed by atoms with Gasteiger partial charge < -0.3 is 29.1 Å². The Morgan fingerprint density at radius 3 is 2.66 bits per heavy atom. The van der Waals surface area contributed by atoms with Crippen molar-refractivity contribution in [1.82, 2.24) is 19.6 Å². The minimum Gasteiger partial charge on any atom is -0.480 e. The lowest BCUT2D eigenvalue weighted by Crippen LogP contribution is -2.36. The van der Waals surface area contributed by atoms with Gasteiger partial charge in [-0.3, -0.25) is 20.0 Å². The zero-order chi connectivity index (χ0) is 25.2. The minimum absolute atomic E-state index is 0.138. The molecule has 14 nitrogen and oxygen atoms in total. The number of para-hydroxylation sites is 1. The fraction of sp³-hybridized carbons (Fsp3) is 0.350. The Kier molecular flexibility index (Phi) is 7.33. The van der Waals surface area contributed by atoms with Crippen molar-refractivity contribution in [2.24, 2.45) is 0 Å². The second-order valence-electron chi connectivity index (χ2n) is 7.73. The van der Waals surface area contributed by atoms with Gasteiger partial charge in [0.1, 0.15) is 42.1 Å². The highest BCUT2D eigenvalue weighted by molar-refractivity contribution is 7.52. The monoisotopic (exact) mass is 509 g/mol. The van der Waals surface area contributed by atoms with Gasteiger partial charge in [-0.2, -0.15) is 5.09 Å². The number of fused-ring (bicyclic) bond motifs is 1. The maximum absolute atomic E-state index is 13.3. The highest BCUT2D eigenvalue weighted by Crippen LogP contribution is 2.46. The lowest BCUT2D eigenvalue weighted by Gasteiger charge is -2.24. The molecule has 0 saturated carbocycles. The number of aliphatic carboxylic acids is 1. The van der Waals surface area contributed by atoms with Crippen molar-refractivity contribution < 1.29 is 43.7 Å². The van der Waals surface area contributed by atoms with E-state index in [1.54, 1.807) is 24.3 Å². The summed E-state index contributed by atoms with van der Waals surface area (Å²) in [5.41, 5.74) is 2.26. The van der Waals surface area contributed by atoms with E-state index in [-0.39, 0.29) is 11.6 Å². The first kappa shape index (κ1) is 25.0. The Balaban J connectivity index is 1.51. The van der Waals surface area contributed by atoms with Crippen LogP contribution in [0.15, 0.2) is 48.9 Å². The van der Waals surface area contributed by atoms with E-state index in [4.69, 9.17) is 13.8 Å². The van der Waals surface area contributed by atoms with Crippen LogP contribution in [0.2, 0.25) is 0 Å². The number of benzene rings is 1. The van der Waals surface area contributed by atoms with Crippen LogP contribution in [-0.4, -0.2) is 72.0 Å². The van der Waals surface area contributed by atoms with Crippen molar-refractivity contribution in [2.75, 3.05) is 12.1 Å². The number of hydrogen-bond acceptors (Lipinski definition) is 11. The number of carbonyl (C=O) groups is 1. The van der Waals surface area contributed by atoms with E-state index in [0.717, 1.165) is 0 Å². The number of nitrogens with one attached hydrogen (secondary N) is 2. The number of aliphatic hydroxyl groups is 2. The third-order valence-corrected chi connectivity index (χ3v) is 6.97. The summed E-state index contributed by atoms with van der Waals surface area (Å²) in [5.74, 6) is -0.978. The predicted molar refractivity (Wildman–Crippen MR) is 120 cm³/mol. The SMILES string of the molecule is C[C@@H](N[P@@](=O)(OC[C@H]1O[C@@H](n2ccc3c(NO)ncnc32)[C@H](O)[C@@H]1O)Oc1ccccc1)C(=O)O. The summed E-state index contributed by atoms with van der Waals surface area (Å²) in [4.78, 5) is 19.3. The van der Waals surface area contributed by atoms with E-state index in [1.165, 1.54) is 36.1 Å². The Hall–Kier alpha value is -3.10. The number of rotatable bonds is 10. The standard InChI is InChI=1S/C20H24N5O9P/c1-11(20(28)29)24-35(31,34-12-5-3-2-4-6-12)32-9-14-15(26)16(27)19(33-14)25-8-7-13-17(23-30)21-10-22-18(13)25/h2-8,10-11,14-16,19,26-27,30H,9H2,1H3,(H,24,31)(H,28,29)(H,21,22,23)/t11-,14-,15-,16-,19-,35-/m1/s1. The number of hydrogen-bond donors (Lipinski definition) is 6. The van der Waals surface area contributed by atoms with Crippen molar-refractivity contribution in [3.05, 3.63) is 48.9 Å². The molecule has 1 aliphatic rings. The largest absolute Gasteiger partial charge is 0.480 e. The number of carboxylic acids is 1. The number of ether oxygens (including phenoxy) is 1. The molecule has 15 heteroatoms. The molecule has 6 N–H and O–H groups in total. The lowest BCUT2D eigenvalue weighted by atomic mass is 10.1. The molecular weight excluding hydrogens is 485 g/mol. The van der Waals surface area contributed by atoms with Gasteiger partial charge in [-0.15, -0.1) is 0 Å². The molecule has 0 unspecified atom stereocenters. The summed E-state index contributed by atoms with van der Waals surface area (Å²) in [5, 5.41) is 42.4. The maximum Gasteiger partial charge on any atom is 0.459 e. The summed E-state index contributed by atoms with van der Waals surface area (Å²) in [6.07, 6.45) is -2.39. The molecule has 0 spiro atoms. The molecule has 6 atom stereocenters. The van der Waals surface area contributed by atoms with Gasteiger partial charge in [-0.25, -0.2) is 14.5 Å². The van der Waals surface area contributed by atoms with Gasteiger partial charge in [-0.1, -0.05) is 18.2 Å². The fourth-order valence-corrected chi connectivity index (χ4v) is 5.04. The first-order chi connectivity index (χ1) is 16.7. The van der Waals surface area contributed by atoms with Crippen LogP contribution >= 0.6 is 7.75 Å². The second-order valence-corrected chi connectivity index (χ2v) is 9.42. The first-order valence-electron chi connectivity index (χ1n) is 10.5. The summed E-state index contributed by atoms with van der Waals surface area (Å²) in [7, 11) is -4.25. The Bertz CT molecular complexity index is 1230. The molecule has 3 aromatic rings. The second kappa shape index (κ2) is 10.3. The Labute approximate surface area is 198 Å². The van der Waals surface area contributed by atoms with Crippen molar-refractivity contribution in [3.63, 3.8) is 0 Å². The molecule has 2 aromatic heterocycles. The van der Waals surface area contributed by atoms with E-state index < -0.39 is 50.9 Å². The molecule has 4 rings (SSSR count). The van der Waals surface area contributed by atoms with Crippen LogP contribution in [0.4, 0.5) is 5.82 Å². The number of aromatic nitrogens is 3. The Morgan fingerprint density at radius 2 is 1.97 bits per heavy atom. The molecule has 35 heavy (non-hydrogen) atoms. The zero-order valence-corrected chi connectivity index (χ0v) is 19.2. The van der Waals surface area contributed by atoms with Crippen molar-refractivity contribution >= 4 is 30.6 Å². The predicted octanol–water partition coefficient (Wildman–Crippen LogP) is 1.12. The third kappa shape index (κ3) is 5.28. The number of anilines is 1. The van der Waals surface area contributed by atoms with Gasteiger partial charge in [0.25, 0.3) is 0 Å². The summed E-state index contributed by atoms with van der Waals surface area (Å²) < 4.78 is 31.4. The number of nitrogens with zero attached hydrogens (tertiary/aromatic N) is 3. The molecule has 1 aromatic carbocycles. The maximum atomic E-state index is 13.3. The molecular formula is C20H24N5O9P. The lowest BCUT2D eigenvalue weighted by molar-refractivity contribution is -0.138. The average molecular weight is 509 g/mol. The minimum atomic E-state index is -4.25. The van der Waals surface area contributed by atoms with Crippen LogP contribution in [0, 0.1) is 0 Å². The summed E-state index contributed by atoms with van der Waals surface area (Å²) in [6.45, 7) is 0.762. The molecule has 1 fully saturated rings. The van der Waals surface area contributed by atoms with Gasteiger partial charge in [-0.05, 0) is 25.1 Å². The van der Waals surface area contributed by atoms with Crippen molar-refractivity contribution in [3.8, 4) is 5.75 Å².